The molecule has 1 aromatic heterocycles. The molecular weight excluding hydrogens is 328 g/mol. The Bertz CT molecular complexity index is 987. The fourth-order valence-electron chi connectivity index (χ4n) is 2.57. The van der Waals surface area contributed by atoms with E-state index in [1.165, 1.54) is 14.2 Å². The first-order valence-corrected chi connectivity index (χ1v) is 7.30. The monoisotopic (exact) mass is 344 g/mol. The molecule has 3 rings (SSSR count). The summed E-state index contributed by atoms with van der Waals surface area (Å²) in [5, 5.41) is 20.2. The number of rotatable bonds is 4. The average Bonchev–Trinajstić information content (AvgIpc) is 2.64. The highest BCUT2D eigenvalue weighted by Gasteiger charge is 2.23. The molecule has 0 aliphatic carbocycles. The minimum atomic E-state index is -0.606. The van der Waals surface area contributed by atoms with E-state index >= 15 is 0 Å². The van der Waals surface area contributed by atoms with E-state index in [4.69, 9.17) is 18.6 Å². The molecule has 25 heavy (non-hydrogen) atoms. The molecule has 0 bridgehead atoms. The van der Waals surface area contributed by atoms with Gasteiger partial charge in [0.05, 0.1) is 21.3 Å². The van der Waals surface area contributed by atoms with Gasteiger partial charge in [0.15, 0.2) is 17.1 Å². The number of fused-ring (bicyclic) bond motifs is 1. The number of methoxy groups -OCH3 is 3. The van der Waals surface area contributed by atoms with Gasteiger partial charge in [-0.15, -0.1) is 0 Å². The maximum atomic E-state index is 12.7. The molecule has 0 aliphatic heterocycles. The third kappa shape index (κ3) is 2.59. The van der Waals surface area contributed by atoms with Crippen LogP contribution in [0.5, 0.6) is 28.7 Å². The number of phenolic OH excluding ortho intramolecular Hbond substituents is 2. The van der Waals surface area contributed by atoms with Crippen LogP contribution in [-0.4, -0.2) is 31.5 Å². The van der Waals surface area contributed by atoms with Crippen LogP contribution in [-0.2, 0) is 0 Å². The largest absolute Gasteiger partial charge is 0.507 e. The third-order valence-electron chi connectivity index (χ3n) is 3.82. The van der Waals surface area contributed by atoms with E-state index < -0.39 is 5.43 Å². The number of benzene rings is 2. The lowest BCUT2D eigenvalue weighted by Crippen LogP contribution is -2.08. The molecule has 7 heteroatoms. The Hall–Kier alpha value is -3.35. The Morgan fingerprint density at radius 2 is 1.64 bits per heavy atom. The van der Waals surface area contributed by atoms with Gasteiger partial charge in [0, 0.05) is 11.6 Å². The van der Waals surface area contributed by atoms with Crippen molar-refractivity contribution in [2.75, 3.05) is 21.3 Å². The molecule has 2 N–H and O–H groups in total. The summed E-state index contributed by atoms with van der Waals surface area (Å²) >= 11 is 0. The summed E-state index contributed by atoms with van der Waals surface area (Å²) in [7, 11) is 4.19. The lowest BCUT2D eigenvalue weighted by Gasteiger charge is -2.12. The fourth-order valence-corrected chi connectivity index (χ4v) is 2.57. The average molecular weight is 344 g/mol. The summed E-state index contributed by atoms with van der Waals surface area (Å²) in [6, 6.07) is 7.90. The van der Waals surface area contributed by atoms with Crippen LogP contribution in [0.25, 0.3) is 22.3 Å². The summed E-state index contributed by atoms with van der Waals surface area (Å²) in [5.41, 5.74) is -0.253. The number of aromatic hydroxyl groups is 2. The van der Waals surface area contributed by atoms with Gasteiger partial charge in [-0.25, -0.2) is 0 Å². The number of phenols is 2. The molecule has 7 nitrogen and oxygen atoms in total. The summed E-state index contributed by atoms with van der Waals surface area (Å²) in [4.78, 5) is 12.7. The van der Waals surface area contributed by atoms with E-state index in [1.807, 2.05) is 0 Å². The zero-order valence-corrected chi connectivity index (χ0v) is 13.8. The lowest BCUT2D eigenvalue weighted by molar-refractivity contribution is 0.364. The van der Waals surface area contributed by atoms with Crippen molar-refractivity contribution < 1.29 is 28.8 Å². The molecule has 0 radical (unpaired) electrons. The second kappa shape index (κ2) is 6.27. The van der Waals surface area contributed by atoms with Crippen LogP contribution in [0.3, 0.4) is 0 Å². The Kier molecular flexibility index (Phi) is 4.14. The first kappa shape index (κ1) is 16.5. The number of hydrogen-bond acceptors (Lipinski definition) is 7. The van der Waals surface area contributed by atoms with E-state index in [1.54, 1.807) is 31.4 Å². The summed E-state index contributed by atoms with van der Waals surface area (Å²) in [5.74, 6) is -0.113. The molecule has 0 amide bonds. The van der Waals surface area contributed by atoms with Crippen molar-refractivity contribution in [1.29, 1.82) is 0 Å². The Labute approximate surface area is 142 Å². The van der Waals surface area contributed by atoms with Gasteiger partial charge in [-0.3, -0.25) is 4.79 Å². The third-order valence-corrected chi connectivity index (χ3v) is 3.82. The molecule has 2 aromatic carbocycles. The maximum absolute atomic E-state index is 12.7. The molecule has 3 aromatic rings. The van der Waals surface area contributed by atoms with Gasteiger partial charge in [0.1, 0.15) is 16.9 Å². The van der Waals surface area contributed by atoms with Gasteiger partial charge >= 0.3 is 0 Å². The molecule has 1 heterocycles. The Balaban J connectivity index is 2.38. The van der Waals surface area contributed by atoms with Crippen molar-refractivity contribution in [3.05, 3.63) is 40.6 Å². The molecule has 0 saturated heterocycles. The van der Waals surface area contributed by atoms with Crippen LogP contribution >= 0.6 is 0 Å². The molecule has 0 spiro atoms. The number of ether oxygens (including phenoxy) is 3. The van der Waals surface area contributed by atoms with Gasteiger partial charge in [0.25, 0.3) is 0 Å². The predicted octanol–water partition coefficient (Wildman–Crippen LogP) is 2.90. The molecule has 0 aliphatic rings. The quantitative estimate of drug-likeness (QED) is 0.702. The van der Waals surface area contributed by atoms with Crippen LogP contribution in [0.15, 0.2) is 39.5 Å². The van der Waals surface area contributed by atoms with Crippen molar-refractivity contribution >= 4 is 11.0 Å². The second-order valence-corrected chi connectivity index (χ2v) is 5.17. The van der Waals surface area contributed by atoms with Crippen molar-refractivity contribution in [1.82, 2.24) is 0 Å². The van der Waals surface area contributed by atoms with Crippen LogP contribution in [0, 0.1) is 0 Å². The van der Waals surface area contributed by atoms with E-state index in [-0.39, 0.29) is 39.7 Å². The summed E-state index contributed by atoms with van der Waals surface area (Å²) < 4.78 is 21.0. The maximum Gasteiger partial charge on any atom is 0.239 e. The van der Waals surface area contributed by atoms with Crippen LogP contribution in [0.1, 0.15) is 0 Å². The zero-order valence-electron chi connectivity index (χ0n) is 13.8. The highest BCUT2D eigenvalue weighted by atomic mass is 16.5. The zero-order chi connectivity index (χ0) is 18.1. The van der Waals surface area contributed by atoms with Gasteiger partial charge < -0.3 is 28.8 Å². The lowest BCUT2D eigenvalue weighted by atomic mass is 10.1. The minimum absolute atomic E-state index is 0.0148. The van der Waals surface area contributed by atoms with Gasteiger partial charge in [0.2, 0.25) is 16.9 Å². The van der Waals surface area contributed by atoms with Crippen molar-refractivity contribution in [2.45, 2.75) is 0 Å². The second-order valence-electron chi connectivity index (χ2n) is 5.17. The molecule has 0 fully saturated rings. The first-order valence-electron chi connectivity index (χ1n) is 7.30. The molecule has 130 valence electrons. The van der Waals surface area contributed by atoms with Crippen LogP contribution in [0.4, 0.5) is 0 Å². The van der Waals surface area contributed by atoms with Gasteiger partial charge in [-0.1, -0.05) is 0 Å². The fraction of sp³-hybridized carbons (Fsp3) is 0.167. The minimum Gasteiger partial charge on any atom is -0.507 e. The van der Waals surface area contributed by atoms with E-state index in [0.717, 1.165) is 6.07 Å². The van der Waals surface area contributed by atoms with E-state index in [0.29, 0.717) is 11.3 Å². The smallest absolute Gasteiger partial charge is 0.239 e. The Morgan fingerprint density at radius 1 is 0.960 bits per heavy atom. The van der Waals surface area contributed by atoms with Gasteiger partial charge in [-0.2, -0.15) is 0 Å². The first-order chi connectivity index (χ1) is 12.0. The number of hydrogen-bond donors (Lipinski definition) is 2. The highest BCUT2D eigenvalue weighted by Crippen LogP contribution is 2.42. The molecule has 0 saturated carbocycles. The van der Waals surface area contributed by atoms with E-state index in [9.17, 15) is 15.0 Å². The summed E-state index contributed by atoms with van der Waals surface area (Å²) in [6.07, 6.45) is 0. The van der Waals surface area contributed by atoms with Crippen molar-refractivity contribution in [2.24, 2.45) is 0 Å². The van der Waals surface area contributed by atoms with Crippen molar-refractivity contribution in [3.8, 4) is 40.1 Å². The van der Waals surface area contributed by atoms with Gasteiger partial charge in [-0.05, 0) is 24.3 Å². The van der Waals surface area contributed by atoms with Crippen LogP contribution in [0.2, 0.25) is 0 Å². The normalized spacial score (nSPS) is 10.7. The SMILES string of the molecule is COc1ccc(-c2oc3c(O)c(OC)cc(O)c3c(=O)c2OC)cc1. The van der Waals surface area contributed by atoms with Crippen LogP contribution < -0.4 is 19.6 Å². The van der Waals surface area contributed by atoms with Crippen molar-refractivity contribution in [3.63, 3.8) is 0 Å². The molecule has 0 unspecified atom stereocenters. The topological polar surface area (TPSA) is 98.4 Å². The highest BCUT2D eigenvalue weighted by molar-refractivity contribution is 5.93. The Morgan fingerprint density at radius 3 is 2.20 bits per heavy atom. The predicted molar refractivity (Wildman–Crippen MR) is 90.9 cm³/mol. The van der Waals surface area contributed by atoms with E-state index in [2.05, 4.69) is 0 Å². The molecular formula is C18H16O7. The molecule has 0 atom stereocenters. The summed E-state index contributed by atoms with van der Waals surface area (Å²) in [6.45, 7) is 0. The standard InChI is InChI=1S/C18H16O7/c1-22-10-6-4-9(5-7-10)16-18(24-3)15(21)13-11(19)8-12(23-2)14(20)17(13)25-16/h4-8,19-20H,1-3H3.